The third kappa shape index (κ3) is 4.22. The van der Waals surface area contributed by atoms with Gasteiger partial charge in [-0.25, -0.2) is 5.43 Å². The molecule has 7 heteroatoms. The Morgan fingerprint density at radius 2 is 2.04 bits per heavy atom. The molecule has 0 unspecified atom stereocenters. The monoisotopic (exact) mass is 360 g/mol. The van der Waals surface area contributed by atoms with E-state index in [4.69, 9.17) is 25.8 Å². The number of nitrogens with zero attached hydrogens (tertiary/aromatic N) is 1. The first-order valence-corrected chi connectivity index (χ1v) is 8.02. The van der Waals surface area contributed by atoms with Crippen LogP contribution in [-0.4, -0.2) is 25.5 Å². The number of fused-ring (bicyclic) bond motifs is 1. The minimum atomic E-state index is -0.367. The molecule has 1 aliphatic heterocycles. The van der Waals surface area contributed by atoms with Gasteiger partial charge in [-0.3, -0.25) is 4.79 Å². The Labute approximate surface area is 150 Å². The second kappa shape index (κ2) is 7.44. The van der Waals surface area contributed by atoms with Crippen LogP contribution in [0.1, 0.15) is 16.7 Å². The number of nitrogens with one attached hydrogen (secondary N) is 1. The third-order valence-electron chi connectivity index (χ3n) is 3.59. The lowest BCUT2D eigenvalue weighted by molar-refractivity contribution is -0.123. The fourth-order valence-corrected chi connectivity index (χ4v) is 2.45. The Bertz CT molecular complexity index is 836. The summed E-state index contributed by atoms with van der Waals surface area (Å²) < 4.78 is 16.0. The number of hydrogen-bond acceptors (Lipinski definition) is 5. The van der Waals surface area contributed by atoms with Crippen molar-refractivity contribution < 1.29 is 19.0 Å². The molecule has 0 fully saturated rings. The Hall–Kier alpha value is -2.73. The van der Waals surface area contributed by atoms with Gasteiger partial charge in [0.05, 0.1) is 11.2 Å². The van der Waals surface area contributed by atoms with Gasteiger partial charge < -0.3 is 14.2 Å². The maximum Gasteiger partial charge on any atom is 0.277 e. The SMILES string of the molecule is Cc1ccc(C)c(OCC(=O)N/N=C\c2cc3c(cc2Cl)OCO3)c1. The summed E-state index contributed by atoms with van der Waals surface area (Å²) in [5.41, 5.74) is 5.05. The number of aryl methyl sites for hydroxylation is 2. The Morgan fingerprint density at radius 3 is 2.84 bits per heavy atom. The van der Waals surface area contributed by atoms with Crippen LogP contribution in [0.25, 0.3) is 0 Å². The van der Waals surface area contributed by atoms with Crippen LogP contribution in [0.2, 0.25) is 5.02 Å². The number of halogens is 1. The van der Waals surface area contributed by atoms with Crippen LogP contribution in [0.5, 0.6) is 17.2 Å². The maximum atomic E-state index is 11.8. The lowest BCUT2D eigenvalue weighted by Crippen LogP contribution is -2.24. The first-order chi connectivity index (χ1) is 12.0. The largest absolute Gasteiger partial charge is 0.483 e. The number of benzene rings is 2. The van der Waals surface area contributed by atoms with E-state index >= 15 is 0 Å². The van der Waals surface area contributed by atoms with Crippen molar-refractivity contribution >= 4 is 23.7 Å². The van der Waals surface area contributed by atoms with Crippen molar-refractivity contribution in [1.29, 1.82) is 0 Å². The lowest BCUT2D eigenvalue weighted by Gasteiger charge is -2.08. The minimum absolute atomic E-state index is 0.128. The fraction of sp³-hybridized carbons (Fsp3) is 0.222. The molecule has 6 nitrogen and oxygen atoms in total. The molecule has 0 aromatic heterocycles. The summed E-state index contributed by atoms with van der Waals surface area (Å²) in [5.74, 6) is 1.50. The van der Waals surface area contributed by atoms with E-state index in [0.29, 0.717) is 27.8 Å². The summed E-state index contributed by atoms with van der Waals surface area (Å²) in [6.45, 7) is 3.92. The highest BCUT2D eigenvalue weighted by atomic mass is 35.5. The molecule has 1 amide bonds. The van der Waals surface area contributed by atoms with E-state index in [1.807, 2.05) is 32.0 Å². The van der Waals surface area contributed by atoms with Gasteiger partial charge in [-0.1, -0.05) is 23.7 Å². The second-order valence-corrected chi connectivity index (χ2v) is 5.98. The van der Waals surface area contributed by atoms with Crippen LogP contribution < -0.4 is 19.6 Å². The van der Waals surface area contributed by atoms with Crippen molar-refractivity contribution in [3.8, 4) is 17.2 Å². The van der Waals surface area contributed by atoms with Gasteiger partial charge in [0.2, 0.25) is 6.79 Å². The van der Waals surface area contributed by atoms with Crippen LogP contribution in [0.4, 0.5) is 0 Å². The summed E-state index contributed by atoms with van der Waals surface area (Å²) in [6.07, 6.45) is 1.44. The van der Waals surface area contributed by atoms with Gasteiger partial charge >= 0.3 is 0 Å². The standard InChI is InChI=1S/C18H17ClN2O4/c1-11-3-4-12(2)15(5-11)23-9-18(22)21-20-8-13-6-16-17(7-14(13)19)25-10-24-16/h3-8H,9-10H2,1-2H3,(H,21,22)/b20-8-. The van der Waals surface area contributed by atoms with Crippen molar-refractivity contribution in [1.82, 2.24) is 5.43 Å². The van der Waals surface area contributed by atoms with Gasteiger partial charge in [0.15, 0.2) is 18.1 Å². The van der Waals surface area contributed by atoms with Gasteiger partial charge in [-0.05, 0) is 37.1 Å². The van der Waals surface area contributed by atoms with E-state index < -0.39 is 0 Å². The number of carbonyl (C=O) groups excluding carboxylic acids is 1. The van der Waals surface area contributed by atoms with Crippen LogP contribution in [0, 0.1) is 13.8 Å². The number of amides is 1. The van der Waals surface area contributed by atoms with Crippen LogP contribution in [0.3, 0.4) is 0 Å². The zero-order chi connectivity index (χ0) is 17.8. The highest BCUT2D eigenvalue weighted by Crippen LogP contribution is 2.36. The van der Waals surface area contributed by atoms with Gasteiger partial charge in [0.25, 0.3) is 5.91 Å². The van der Waals surface area contributed by atoms with Gasteiger partial charge in [0.1, 0.15) is 5.75 Å². The first-order valence-electron chi connectivity index (χ1n) is 7.64. The van der Waals surface area contributed by atoms with Gasteiger partial charge in [0, 0.05) is 11.6 Å². The molecular formula is C18H17ClN2O4. The van der Waals surface area contributed by atoms with Crippen molar-refractivity contribution in [2.75, 3.05) is 13.4 Å². The number of hydrazone groups is 1. The van der Waals surface area contributed by atoms with Crippen molar-refractivity contribution in [3.63, 3.8) is 0 Å². The fourth-order valence-electron chi connectivity index (χ4n) is 2.24. The molecular weight excluding hydrogens is 344 g/mol. The zero-order valence-electron chi connectivity index (χ0n) is 13.8. The van der Waals surface area contributed by atoms with Crippen molar-refractivity contribution in [2.45, 2.75) is 13.8 Å². The quantitative estimate of drug-likeness (QED) is 0.656. The summed E-state index contributed by atoms with van der Waals surface area (Å²) in [7, 11) is 0. The zero-order valence-corrected chi connectivity index (χ0v) is 14.6. The van der Waals surface area contributed by atoms with Crippen molar-refractivity contribution in [3.05, 3.63) is 52.0 Å². The number of hydrogen-bond donors (Lipinski definition) is 1. The van der Waals surface area contributed by atoms with Gasteiger partial charge in [-0.15, -0.1) is 0 Å². The maximum absolute atomic E-state index is 11.8. The van der Waals surface area contributed by atoms with E-state index in [1.54, 1.807) is 12.1 Å². The number of ether oxygens (including phenoxy) is 3. The molecule has 2 aromatic rings. The summed E-state index contributed by atoms with van der Waals surface area (Å²) in [5, 5.41) is 4.35. The topological polar surface area (TPSA) is 69.2 Å². The second-order valence-electron chi connectivity index (χ2n) is 5.58. The summed E-state index contributed by atoms with van der Waals surface area (Å²) in [4.78, 5) is 11.8. The number of carbonyl (C=O) groups is 1. The van der Waals surface area contributed by atoms with E-state index in [-0.39, 0.29) is 19.3 Å². The molecule has 1 heterocycles. The third-order valence-corrected chi connectivity index (χ3v) is 3.91. The molecule has 0 radical (unpaired) electrons. The Morgan fingerprint density at radius 1 is 1.28 bits per heavy atom. The van der Waals surface area contributed by atoms with Crippen LogP contribution in [-0.2, 0) is 4.79 Å². The predicted octanol–water partition coefficient (Wildman–Crippen LogP) is 3.21. The molecule has 0 bridgehead atoms. The number of rotatable bonds is 5. The molecule has 1 aliphatic rings. The molecule has 1 N–H and O–H groups in total. The highest BCUT2D eigenvalue weighted by Gasteiger charge is 2.15. The van der Waals surface area contributed by atoms with E-state index in [1.165, 1.54) is 6.21 Å². The molecule has 25 heavy (non-hydrogen) atoms. The van der Waals surface area contributed by atoms with Crippen molar-refractivity contribution in [2.24, 2.45) is 5.10 Å². The molecule has 0 atom stereocenters. The lowest BCUT2D eigenvalue weighted by atomic mass is 10.1. The molecule has 0 saturated carbocycles. The van der Waals surface area contributed by atoms with E-state index in [0.717, 1.165) is 11.1 Å². The molecule has 2 aromatic carbocycles. The minimum Gasteiger partial charge on any atom is -0.483 e. The van der Waals surface area contributed by atoms with Crippen LogP contribution >= 0.6 is 11.6 Å². The average molecular weight is 361 g/mol. The van der Waals surface area contributed by atoms with E-state index in [2.05, 4.69) is 10.5 Å². The van der Waals surface area contributed by atoms with Gasteiger partial charge in [-0.2, -0.15) is 5.10 Å². The normalized spacial score (nSPS) is 12.4. The molecule has 3 rings (SSSR count). The van der Waals surface area contributed by atoms with Crippen LogP contribution in [0.15, 0.2) is 35.4 Å². The smallest absolute Gasteiger partial charge is 0.277 e. The predicted molar refractivity (Wildman–Crippen MR) is 94.7 cm³/mol. The van der Waals surface area contributed by atoms with E-state index in [9.17, 15) is 4.79 Å². The summed E-state index contributed by atoms with van der Waals surface area (Å²) >= 11 is 6.13. The highest BCUT2D eigenvalue weighted by molar-refractivity contribution is 6.33. The first kappa shape index (κ1) is 17.1. The Kier molecular flexibility index (Phi) is 5.09. The molecule has 130 valence electrons. The summed E-state index contributed by atoms with van der Waals surface area (Å²) in [6, 6.07) is 9.17. The molecule has 0 aliphatic carbocycles. The average Bonchev–Trinajstić information content (AvgIpc) is 3.03. The molecule has 0 saturated heterocycles. The Balaban J connectivity index is 1.55. The molecule has 0 spiro atoms.